The van der Waals surface area contributed by atoms with E-state index in [1.165, 1.54) is 12.1 Å². The van der Waals surface area contributed by atoms with Crippen LogP contribution in [0.25, 0.3) is 0 Å². The van der Waals surface area contributed by atoms with Crippen molar-refractivity contribution in [1.29, 1.82) is 0 Å². The Morgan fingerprint density at radius 3 is 2.37 bits per heavy atom. The second-order valence-electron chi connectivity index (χ2n) is 4.24. The van der Waals surface area contributed by atoms with Crippen molar-refractivity contribution in [1.82, 2.24) is 0 Å². The van der Waals surface area contributed by atoms with E-state index in [9.17, 15) is 10.1 Å². The highest BCUT2D eigenvalue weighted by atomic mass is 79.9. The van der Waals surface area contributed by atoms with E-state index in [0.29, 0.717) is 11.5 Å². The lowest BCUT2D eigenvalue weighted by Crippen LogP contribution is -1.92. The van der Waals surface area contributed by atoms with Crippen LogP contribution in [-0.4, -0.2) is 4.92 Å². The van der Waals surface area contributed by atoms with Crippen molar-refractivity contribution in [3.8, 4) is 11.5 Å². The maximum Gasteiger partial charge on any atom is 0.269 e. The Morgan fingerprint density at radius 1 is 1.11 bits per heavy atom. The Hall–Kier alpha value is -1.88. The Balaban J connectivity index is 2.31. The van der Waals surface area contributed by atoms with Gasteiger partial charge in [0.25, 0.3) is 5.69 Å². The zero-order chi connectivity index (χ0) is 14.0. The van der Waals surface area contributed by atoms with E-state index in [4.69, 9.17) is 4.74 Å². The third-order valence-corrected chi connectivity index (χ3v) is 3.30. The zero-order valence-electron chi connectivity index (χ0n) is 10.5. The topological polar surface area (TPSA) is 52.4 Å². The Bertz CT molecular complexity index is 641. The minimum atomic E-state index is -0.418. The van der Waals surface area contributed by atoms with Crippen LogP contribution in [0.1, 0.15) is 11.1 Å². The molecule has 0 unspecified atom stereocenters. The fraction of sp³-hybridized carbons (Fsp3) is 0.143. The molecule has 0 N–H and O–H groups in total. The van der Waals surface area contributed by atoms with E-state index in [1.807, 2.05) is 25.1 Å². The first kappa shape index (κ1) is 13.5. The van der Waals surface area contributed by atoms with Crippen molar-refractivity contribution in [2.75, 3.05) is 0 Å². The molecule has 0 aliphatic heterocycles. The quantitative estimate of drug-likeness (QED) is 0.604. The molecule has 0 aliphatic rings. The number of benzene rings is 2. The van der Waals surface area contributed by atoms with Crippen molar-refractivity contribution in [3.63, 3.8) is 0 Å². The first-order chi connectivity index (χ1) is 8.97. The molecule has 98 valence electrons. The Labute approximate surface area is 119 Å². The molecule has 0 spiro atoms. The summed E-state index contributed by atoms with van der Waals surface area (Å²) in [6.07, 6.45) is 0. The molecule has 0 fully saturated rings. The van der Waals surface area contributed by atoms with Crippen molar-refractivity contribution in [2.45, 2.75) is 13.8 Å². The molecule has 0 heterocycles. The van der Waals surface area contributed by atoms with Crippen LogP contribution in [-0.2, 0) is 0 Å². The van der Waals surface area contributed by atoms with E-state index in [0.717, 1.165) is 15.6 Å². The lowest BCUT2D eigenvalue weighted by atomic mass is 10.2. The minimum Gasteiger partial charge on any atom is -0.456 e. The maximum absolute atomic E-state index is 10.7. The van der Waals surface area contributed by atoms with Crippen molar-refractivity contribution < 1.29 is 9.66 Å². The fourth-order valence-corrected chi connectivity index (χ4v) is 2.24. The molecular formula is C14H12BrNO3. The molecule has 0 bridgehead atoms. The van der Waals surface area contributed by atoms with Gasteiger partial charge in [0.15, 0.2) is 0 Å². The molecule has 2 rings (SSSR count). The monoisotopic (exact) mass is 321 g/mol. The van der Waals surface area contributed by atoms with E-state index in [-0.39, 0.29) is 5.69 Å². The molecule has 2 aromatic rings. The number of hydrogen-bond acceptors (Lipinski definition) is 3. The Morgan fingerprint density at radius 2 is 1.79 bits per heavy atom. The van der Waals surface area contributed by atoms with Gasteiger partial charge >= 0.3 is 0 Å². The lowest BCUT2D eigenvalue weighted by molar-refractivity contribution is -0.384. The van der Waals surface area contributed by atoms with Gasteiger partial charge in [0, 0.05) is 12.1 Å². The van der Waals surface area contributed by atoms with Gasteiger partial charge in [0.1, 0.15) is 11.5 Å². The normalized spacial score (nSPS) is 10.3. The van der Waals surface area contributed by atoms with Crippen LogP contribution in [0.15, 0.2) is 40.9 Å². The molecule has 5 heteroatoms. The van der Waals surface area contributed by atoms with E-state index in [2.05, 4.69) is 15.9 Å². The zero-order valence-corrected chi connectivity index (χ0v) is 12.1. The summed E-state index contributed by atoms with van der Waals surface area (Å²) >= 11 is 3.43. The van der Waals surface area contributed by atoms with Crippen molar-refractivity contribution in [2.24, 2.45) is 0 Å². The van der Waals surface area contributed by atoms with Crippen LogP contribution < -0.4 is 4.74 Å². The number of nitrogens with zero attached hydrogens (tertiary/aromatic N) is 1. The van der Waals surface area contributed by atoms with Crippen LogP contribution in [0, 0.1) is 24.0 Å². The van der Waals surface area contributed by atoms with Gasteiger partial charge < -0.3 is 4.74 Å². The first-order valence-corrected chi connectivity index (χ1v) is 6.46. The number of non-ortho nitro benzene ring substituents is 1. The summed E-state index contributed by atoms with van der Waals surface area (Å²) in [5.74, 6) is 1.29. The molecular weight excluding hydrogens is 310 g/mol. The van der Waals surface area contributed by atoms with Gasteiger partial charge in [-0.3, -0.25) is 10.1 Å². The summed E-state index contributed by atoms with van der Waals surface area (Å²) in [6.45, 7) is 3.77. The van der Waals surface area contributed by atoms with Gasteiger partial charge in [-0.25, -0.2) is 0 Å². The minimum absolute atomic E-state index is 0.0628. The lowest BCUT2D eigenvalue weighted by Gasteiger charge is -2.10. The van der Waals surface area contributed by atoms with Crippen molar-refractivity contribution in [3.05, 3.63) is 62.1 Å². The largest absolute Gasteiger partial charge is 0.456 e. The summed E-state index contributed by atoms with van der Waals surface area (Å²) in [6, 6.07) is 10.3. The summed E-state index contributed by atoms with van der Waals surface area (Å²) in [5, 5.41) is 10.7. The molecule has 2 aromatic carbocycles. The van der Waals surface area contributed by atoms with E-state index in [1.54, 1.807) is 13.0 Å². The molecule has 4 nitrogen and oxygen atoms in total. The highest BCUT2D eigenvalue weighted by Gasteiger charge is 2.10. The van der Waals surface area contributed by atoms with Gasteiger partial charge in [-0.2, -0.15) is 0 Å². The average Bonchev–Trinajstić information content (AvgIpc) is 2.34. The molecule has 0 saturated heterocycles. The second-order valence-corrected chi connectivity index (χ2v) is 5.10. The SMILES string of the molecule is Cc1ccc(Oc2ccc([N+](=O)[O-])cc2C)c(Br)c1. The third-order valence-electron chi connectivity index (χ3n) is 2.68. The summed E-state index contributed by atoms with van der Waals surface area (Å²) in [5.41, 5.74) is 1.91. The fourth-order valence-electron chi connectivity index (χ4n) is 1.67. The van der Waals surface area contributed by atoms with E-state index < -0.39 is 4.92 Å². The third kappa shape index (κ3) is 3.12. The van der Waals surface area contributed by atoms with Crippen LogP contribution in [0.5, 0.6) is 11.5 Å². The summed E-state index contributed by atoms with van der Waals surface area (Å²) in [7, 11) is 0. The van der Waals surface area contributed by atoms with Gasteiger partial charge in [-0.05, 0) is 59.1 Å². The number of halogens is 1. The van der Waals surface area contributed by atoms with Crippen LogP contribution >= 0.6 is 15.9 Å². The van der Waals surface area contributed by atoms with E-state index >= 15 is 0 Å². The van der Waals surface area contributed by atoms with Crippen molar-refractivity contribution >= 4 is 21.6 Å². The average molecular weight is 322 g/mol. The van der Waals surface area contributed by atoms with Crippen LogP contribution in [0.4, 0.5) is 5.69 Å². The number of nitro benzene ring substituents is 1. The summed E-state index contributed by atoms with van der Waals surface area (Å²) < 4.78 is 6.61. The maximum atomic E-state index is 10.7. The number of aryl methyl sites for hydroxylation is 2. The molecule has 0 aliphatic carbocycles. The van der Waals surface area contributed by atoms with Crippen LogP contribution in [0.3, 0.4) is 0 Å². The van der Waals surface area contributed by atoms with Gasteiger partial charge in [0.05, 0.1) is 9.40 Å². The number of hydrogen-bond donors (Lipinski definition) is 0. The van der Waals surface area contributed by atoms with Gasteiger partial charge in [-0.15, -0.1) is 0 Å². The predicted molar refractivity (Wildman–Crippen MR) is 76.8 cm³/mol. The molecule has 0 atom stereocenters. The first-order valence-electron chi connectivity index (χ1n) is 5.66. The Kier molecular flexibility index (Phi) is 3.85. The number of nitro groups is 1. The standard InChI is InChI=1S/C14H12BrNO3/c1-9-3-5-14(12(15)7-9)19-13-6-4-11(16(17)18)8-10(13)2/h3-8H,1-2H3. The molecule has 0 saturated carbocycles. The smallest absolute Gasteiger partial charge is 0.269 e. The molecule has 0 amide bonds. The predicted octanol–water partition coefficient (Wildman–Crippen LogP) is 4.77. The molecule has 0 radical (unpaired) electrons. The number of ether oxygens (including phenoxy) is 1. The molecule has 0 aromatic heterocycles. The summed E-state index contributed by atoms with van der Waals surface area (Å²) in [4.78, 5) is 10.3. The van der Waals surface area contributed by atoms with Crippen LogP contribution in [0.2, 0.25) is 0 Å². The number of rotatable bonds is 3. The second kappa shape index (κ2) is 5.40. The van der Waals surface area contributed by atoms with Gasteiger partial charge in [-0.1, -0.05) is 6.07 Å². The molecule has 19 heavy (non-hydrogen) atoms. The van der Waals surface area contributed by atoms with Gasteiger partial charge in [0.2, 0.25) is 0 Å². The highest BCUT2D eigenvalue weighted by Crippen LogP contribution is 2.33. The highest BCUT2D eigenvalue weighted by molar-refractivity contribution is 9.10.